The third-order valence-electron chi connectivity index (χ3n) is 1.47. The fraction of sp³-hybridized carbons (Fsp3) is 0.857. The molecule has 0 aliphatic heterocycles. The monoisotopic (exact) mass is 191 g/mol. The quantitative estimate of drug-likeness (QED) is 0.508. The molecule has 0 aliphatic rings. The first-order valence-electron chi connectivity index (χ1n) is 3.90. The third-order valence-corrected chi connectivity index (χ3v) is 2.87. The molecule has 1 amide bonds. The molecule has 0 heterocycles. The standard InChI is InChI=1S/C7H17N3OS/c1-5(2-8)3-12-4-6(9)7(10)11/h5-6H,2-4,8-9H2,1H3,(H2,10,11). The highest BCUT2D eigenvalue weighted by molar-refractivity contribution is 7.99. The molecule has 0 aliphatic carbocycles. The van der Waals surface area contributed by atoms with Crippen molar-refractivity contribution in [2.75, 3.05) is 18.1 Å². The summed E-state index contributed by atoms with van der Waals surface area (Å²) in [4.78, 5) is 10.5. The summed E-state index contributed by atoms with van der Waals surface area (Å²) in [5.74, 6) is 1.54. The summed E-state index contributed by atoms with van der Waals surface area (Å²) in [6.07, 6.45) is 0. The fourth-order valence-corrected chi connectivity index (χ4v) is 1.64. The second-order valence-corrected chi connectivity index (χ2v) is 3.96. The second kappa shape index (κ2) is 6.28. The molecule has 0 spiro atoms. The lowest BCUT2D eigenvalue weighted by Gasteiger charge is -2.09. The Morgan fingerprint density at radius 2 is 2.08 bits per heavy atom. The van der Waals surface area contributed by atoms with Crippen molar-refractivity contribution in [1.82, 2.24) is 0 Å². The molecule has 6 N–H and O–H groups in total. The molecular weight excluding hydrogens is 174 g/mol. The van der Waals surface area contributed by atoms with Crippen LogP contribution in [0.4, 0.5) is 0 Å². The zero-order valence-electron chi connectivity index (χ0n) is 7.32. The van der Waals surface area contributed by atoms with Gasteiger partial charge in [0.05, 0.1) is 6.04 Å². The maximum absolute atomic E-state index is 10.5. The molecule has 0 aromatic rings. The Kier molecular flexibility index (Phi) is 6.14. The number of primary amides is 1. The topological polar surface area (TPSA) is 95.1 Å². The van der Waals surface area contributed by atoms with E-state index in [-0.39, 0.29) is 0 Å². The van der Waals surface area contributed by atoms with Crippen LogP contribution >= 0.6 is 11.8 Å². The maximum Gasteiger partial charge on any atom is 0.235 e. The minimum atomic E-state index is -0.528. The van der Waals surface area contributed by atoms with Gasteiger partial charge in [-0.15, -0.1) is 0 Å². The number of thioether (sulfide) groups is 1. The van der Waals surface area contributed by atoms with E-state index in [0.717, 1.165) is 5.75 Å². The van der Waals surface area contributed by atoms with E-state index < -0.39 is 11.9 Å². The Hall–Kier alpha value is -0.260. The highest BCUT2D eigenvalue weighted by Crippen LogP contribution is 2.07. The summed E-state index contributed by atoms with van der Waals surface area (Å²) in [6, 6.07) is -0.528. The van der Waals surface area contributed by atoms with Gasteiger partial charge in [0.25, 0.3) is 0 Å². The lowest BCUT2D eigenvalue weighted by Crippen LogP contribution is -2.38. The van der Waals surface area contributed by atoms with Crippen LogP contribution < -0.4 is 17.2 Å². The molecule has 4 nitrogen and oxygen atoms in total. The number of carbonyl (C=O) groups excluding carboxylic acids is 1. The molecule has 0 saturated heterocycles. The van der Waals surface area contributed by atoms with E-state index in [1.54, 1.807) is 11.8 Å². The van der Waals surface area contributed by atoms with Gasteiger partial charge >= 0.3 is 0 Å². The summed E-state index contributed by atoms with van der Waals surface area (Å²) in [5.41, 5.74) is 15.8. The van der Waals surface area contributed by atoms with Gasteiger partial charge in [-0.25, -0.2) is 0 Å². The predicted octanol–water partition coefficient (Wildman–Crippen LogP) is -0.873. The normalized spacial score (nSPS) is 15.6. The molecule has 0 fully saturated rings. The van der Waals surface area contributed by atoms with Gasteiger partial charge in [0.2, 0.25) is 5.91 Å². The van der Waals surface area contributed by atoms with E-state index in [2.05, 4.69) is 6.92 Å². The molecule has 12 heavy (non-hydrogen) atoms. The Bertz CT molecular complexity index is 143. The van der Waals surface area contributed by atoms with Gasteiger partial charge in [-0.2, -0.15) is 11.8 Å². The molecule has 5 heteroatoms. The Labute approximate surface area is 77.2 Å². The van der Waals surface area contributed by atoms with Crippen molar-refractivity contribution in [3.05, 3.63) is 0 Å². The van der Waals surface area contributed by atoms with Crippen LogP contribution in [0.2, 0.25) is 0 Å². The van der Waals surface area contributed by atoms with Gasteiger partial charge in [-0.1, -0.05) is 6.92 Å². The van der Waals surface area contributed by atoms with E-state index in [9.17, 15) is 4.79 Å². The fourth-order valence-electron chi connectivity index (χ4n) is 0.546. The maximum atomic E-state index is 10.5. The van der Waals surface area contributed by atoms with Crippen LogP contribution in [0, 0.1) is 5.92 Å². The van der Waals surface area contributed by atoms with Crippen LogP contribution in [0.1, 0.15) is 6.92 Å². The first-order valence-corrected chi connectivity index (χ1v) is 5.06. The molecule has 0 aromatic heterocycles. The average molecular weight is 191 g/mol. The molecule has 0 rings (SSSR count). The number of amides is 1. The highest BCUT2D eigenvalue weighted by Gasteiger charge is 2.09. The third kappa shape index (κ3) is 5.40. The minimum Gasteiger partial charge on any atom is -0.368 e. The van der Waals surface area contributed by atoms with Gasteiger partial charge < -0.3 is 17.2 Å². The number of hydrogen-bond donors (Lipinski definition) is 3. The first kappa shape index (κ1) is 11.7. The molecule has 72 valence electrons. The van der Waals surface area contributed by atoms with Crippen LogP contribution in [0.3, 0.4) is 0 Å². The largest absolute Gasteiger partial charge is 0.368 e. The van der Waals surface area contributed by atoms with Gasteiger partial charge in [-0.05, 0) is 18.2 Å². The molecule has 2 atom stereocenters. The van der Waals surface area contributed by atoms with Gasteiger partial charge in [-0.3, -0.25) is 4.79 Å². The summed E-state index contributed by atoms with van der Waals surface area (Å²) < 4.78 is 0. The SMILES string of the molecule is CC(CN)CSCC(N)C(N)=O. The van der Waals surface area contributed by atoms with Crippen LogP contribution in [0.25, 0.3) is 0 Å². The van der Waals surface area contributed by atoms with Gasteiger partial charge in [0.1, 0.15) is 0 Å². The van der Waals surface area contributed by atoms with Crippen LogP contribution in [0.5, 0.6) is 0 Å². The van der Waals surface area contributed by atoms with Crippen molar-refractivity contribution in [3.8, 4) is 0 Å². The summed E-state index contributed by atoms with van der Waals surface area (Å²) >= 11 is 1.62. The van der Waals surface area contributed by atoms with Gasteiger partial charge in [0.15, 0.2) is 0 Å². The van der Waals surface area contributed by atoms with E-state index >= 15 is 0 Å². The number of carbonyl (C=O) groups is 1. The highest BCUT2D eigenvalue weighted by atomic mass is 32.2. The van der Waals surface area contributed by atoms with E-state index in [4.69, 9.17) is 17.2 Å². The number of hydrogen-bond acceptors (Lipinski definition) is 4. The van der Waals surface area contributed by atoms with Crippen molar-refractivity contribution >= 4 is 17.7 Å². The van der Waals surface area contributed by atoms with Crippen LogP contribution in [-0.4, -0.2) is 30.0 Å². The molecule has 0 saturated carbocycles. The predicted molar refractivity (Wildman–Crippen MR) is 52.7 cm³/mol. The summed E-state index contributed by atoms with van der Waals surface area (Å²) in [7, 11) is 0. The zero-order chi connectivity index (χ0) is 9.56. The summed E-state index contributed by atoms with van der Waals surface area (Å²) in [6.45, 7) is 2.72. The van der Waals surface area contributed by atoms with Crippen molar-refractivity contribution in [1.29, 1.82) is 0 Å². The molecule has 0 radical (unpaired) electrons. The first-order chi connectivity index (χ1) is 5.57. The second-order valence-electron chi connectivity index (χ2n) is 2.89. The zero-order valence-corrected chi connectivity index (χ0v) is 8.14. The summed E-state index contributed by atoms with van der Waals surface area (Å²) in [5, 5.41) is 0. The van der Waals surface area contributed by atoms with E-state index in [0.29, 0.717) is 18.2 Å². The molecule has 2 unspecified atom stereocenters. The average Bonchev–Trinajstić information content (AvgIpc) is 2.03. The Balaban J connectivity index is 3.37. The van der Waals surface area contributed by atoms with E-state index in [1.807, 2.05) is 0 Å². The number of rotatable bonds is 6. The molecule has 0 aromatic carbocycles. The van der Waals surface area contributed by atoms with E-state index in [1.165, 1.54) is 0 Å². The van der Waals surface area contributed by atoms with Crippen molar-refractivity contribution in [3.63, 3.8) is 0 Å². The van der Waals surface area contributed by atoms with Crippen LogP contribution in [-0.2, 0) is 4.79 Å². The Morgan fingerprint density at radius 3 is 2.50 bits per heavy atom. The lowest BCUT2D eigenvalue weighted by molar-refractivity contribution is -0.118. The minimum absolute atomic E-state index is 0.442. The van der Waals surface area contributed by atoms with Crippen molar-refractivity contribution < 1.29 is 4.79 Å². The molecule has 0 bridgehead atoms. The van der Waals surface area contributed by atoms with Crippen molar-refractivity contribution in [2.24, 2.45) is 23.1 Å². The van der Waals surface area contributed by atoms with Crippen LogP contribution in [0.15, 0.2) is 0 Å². The molecular formula is C7H17N3OS. The smallest absolute Gasteiger partial charge is 0.235 e. The lowest BCUT2D eigenvalue weighted by atomic mass is 10.2. The van der Waals surface area contributed by atoms with Gasteiger partial charge in [0, 0.05) is 5.75 Å². The Morgan fingerprint density at radius 1 is 1.50 bits per heavy atom. The number of nitrogens with two attached hydrogens (primary N) is 3. The van der Waals surface area contributed by atoms with Crippen molar-refractivity contribution in [2.45, 2.75) is 13.0 Å².